The summed E-state index contributed by atoms with van der Waals surface area (Å²) in [6, 6.07) is 7.75. The SMILES string of the molecule is COC(CNC(=S)Nc1ccc(Br)cc1)OC. The van der Waals surface area contributed by atoms with E-state index in [2.05, 4.69) is 26.6 Å². The number of methoxy groups -OCH3 is 2. The Bertz CT molecular complexity index is 355. The van der Waals surface area contributed by atoms with Gasteiger partial charge in [0, 0.05) is 24.4 Å². The smallest absolute Gasteiger partial charge is 0.174 e. The molecule has 0 atom stereocenters. The molecule has 6 heteroatoms. The number of anilines is 1. The summed E-state index contributed by atoms with van der Waals surface area (Å²) >= 11 is 8.51. The molecule has 0 saturated heterocycles. The van der Waals surface area contributed by atoms with Crippen molar-refractivity contribution < 1.29 is 9.47 Å². The maximum atomic E-state index is 5.14. The lowest BCUT2D eigenvalue weighted by Crippen LogP contribution is -2.36. The van der Waals surface area contributed by atoms with Crippen molar-refractivity contribution in [3.05, 3.63) is 28.7 Å². The average molecular weight is 319 g/mol. The number of benzene rings is 1. The van der Waals surface area contributed by atoms with Crippen molar-refractivity contribution in [2.45, 2.75) is 6.29 Å². The monoisotopic (exact) mass is 318 g/mol. The Morgan fingerprint density at radius 3 is 2.41 bits per heavy atom. The van der Waals surface area contributed by atoms with Crippen LogP contribution in [0.1, 0.15) is 0 Å². The summed E-state index contributed by atoms with van der Waals surface area (Å²) in [6.45, 7) is 0.495. The van der Waals surface area contributed by atoms with Gasteiger partial charge in [0.2, 0.25) is 0 Å². The van der Waals surface area contributed by atoms with Gasteiger partial charge in [0.1, 0.15) is 0 Å². The Hall–Kier alpha value is -0.690. The van der Waals surface area contributed by atoms with Gasteiger partial charge >= 0.3 is 0 Å². The first-order valence-electron chi connectivity index (χ1n) is 5.01. The predicted molar refractivity (Wildman–Crippen MR) is 76.2 cm³/mol. The maximum Gasteiger partial charge on any atom is 0.174 e. The van der Waals surface area contributed by atoms with Gasteiger partial charge in [-0.15, -0.1) is 0 Å². The van der Waals surface area contributed by atoms with Crippen LogP contribution >= 0.6 is 28.1 Å². The summed E-state index contributed by atoms with van der Waals surface area (Å²) in [4.78, 5) is 0. The molecular formula is C11H15BrN2O2S. The normalized spacial score (nSPS) is 10.4. The number of hydrogen-bond donors (Lipinski definition) is 2. The molecule has 4 nitrogen and oxygen atoms in total. The van der Waals surface area contributed by atoms with Gasteiger partial charge in [-0.3, -0.25) is 0 Å². The van der Waals surface area contributed by atoms with Crippen molar-refractivity contribution in [2.24, 2.45) is 0 Å². The van der Waals surface area contributed by atoms with Gasteiger partial charge in [0.15, 0.2) is 11.4 Å². The van der Waals surface area contributed by atoms with Crippen LogP contribution in [0.2, 0.25) is 0 Å². The van der Waals surface area contributed by atoms with Crippen molar-refractivity contribution in [1.29, 1.82) is 0 Å². The quantitative estimate of drug-likeness (QED) is 0.644. The molecule has 0 spiro atoms. The molecule has 0 heterocycles. The van der Waals surface area contributed by atoms with E-state index in [1.165, 1.54) is 0 Å². The maximum absolute atomic E-state index is 5.14. The molecule has 0 amide bonds. The summed E-state index contributed by atoms with van der Waals surface area (Å²) in [5.74, 6) is 0. The molecule has 0 aliphatic heterocycles. The van der Waals surface area contributed by atoms with E-state index < -0.39 is 0 Å². The number of rotatable bonds is 5. The van der Waals surface area contributed by atoms with E-state index >= 15 is 0 Å². The Kier molecular flexibility index (Phi) is 6.43. The zero-order valence-corrected chi connectivity index (χ0v) is 12.1. The molecule has 0 aliphatic carbocycles. The lowest BCUT2D eigenvalue weighted by atomic mass is 10.3. The molecule has 0 saturated carbocycles. The number of hydrogen-bond acceptors (Lipinski definition) is 3. The summed E-state index contributed by atoms with van der Waals surface area (Å²) in [5, 5.41) is 6.60. The average Bonchev–Trinajstić information content (AvgIpc) is 2.33. The summed E-state index contributed by atoms with van der Waals surface area (Å²) in [6.07, 6.45) is -0.306. The van der Waals surface area contributed by atoms with E-state index in [0.717, 1.165) is 10.2 Å². The molecule has 0 bridgehead atoms. The van der Waals surface area contributed by atoms with Crippen LogP contribution in [0.5, 0.6) is 0 Å². The topological polar surface area (TPSA) is 42.5 Å². The van der Waals surface area contributed by atoms with Crippen LogP contribution in [0.3, 0.4) is 0 Å². The summed E-state index contributed by atoms with van der Waals surface area (Å²) in [7, 11) is 3.17. The lowest BCUT2D eigenvalue weighted by molar-refractivity contribution is -0.0964. The molecule has 17 heavy (non-hydrogen) atoms. The summed E-state index contributed by atoms with van der Waals surface area (Å²) < 4.78 is 11.1. The molecule has 1 rings (SSSR count). The second kappa shape index (κ2) is 7.60. The third-order valence-corrected chi connectivity index (χ3v) is 2.83. The van der Waals surface area contributed by atoms with E-state index in [0.29, 0.717) is 11.7 Å². The number of halogens is 1. The van der Waals surface area contributed by atoms with Gasteiger partial charge in [0.05, 0.1) is 6.54 Å². The molecule has 94 valence electrons. The van der Waals surface area contributed by atoms with Gasteiger partial charge < -0.3 is 20.1 Å². The number of nitrogens with one attached hydrogen (secondary N) is 2. The molecular weight excluding hydrogens is 304 g/mol. The first-order valence-corrected chi connectivity index (χ1v) is 6.22. The summed E-state index contributed by atoms with van der Waals surface area (Å²) in [5.41, 5.74) is 0.928. The van der Waals surface area contributed by atoms with Crippen LogP contribution in [0.25, 0.3) is 0 Å². The van der Waals surface area contributed by atoms with Crippen molar-refractivity contribution in [2.75, 3.05) is 26.1 Å². The largest absolute Gasteiger partial charge is 0.357 e. The second-order valence-corrected chi connectivity index (χ2v) is 4.57. The third kappa shape index (κ3) is 5.45. The minimum Gasteiger partial charge on any atom is -0.357 e. The fourth-order valence-corrected chi connectivity index (χ4v) is 1.61. The zero-order valence-electron chi connectivity index (χ0n) is 9.70. The van der Waals surface area contributed by atoms with E-state index in [4.69, 9.17) is 21.7 Å². The van der Waals surface area contributed by atoms with Gasteiger partial charge in [-0.1, -0.05) is 15.9 Å². The van der Waals surface area contributed by atoms with Crippen LogP contribution in [0.4, 0.5) is 5.69 Å². The van der Waals surface area contributed by atoms with Crippen molar-refractivity contribution in [1.82, 2.24) is 5.32 Å². The van der Waals surface area contributed by atoms with E-state index in [9.17, 15) is 0 Å². The van der Waals surface area contributed by atoms with E-state index in [1.807, 2.05) is 24.3 Å². The van der Waals surface area contributed by atoms with Crippen LogP contribution in [-0.4, -0.2) is 32.2 Å². The Morgan fingerprint density at radius 2 is 1.88 bits per heavy atom. The van der Waals surface area contributed by atoms with Gasteiger partial charge in [-0.25, -0.2) is 0 Å². The van der Waals surface area contributed by atoms with Crippen LogP contribution in [0.15, 0.2) is 28.7 Å². The van der Waals surface area contributed by atoms with Crippen LogP contribution < -0.4 is 10.6 Å². The van der Waals surface area contributed by atoms with E-state index in [-0.39, 0.29) is 6.29 Å². The minimum atomic E-state index is -0.306. The number of ether oxygens (including phenoxy) is 2. The van der Waals surface area contributed by atoms with Crippen molar-refractivity contribution in [3.63, 3.8) is 0 Å². The molecule has 1 aromatic rings. The number of thiocarbonyl (C=S) groups is 1. The Balaban J connectivity index is 2.37. The molecule has 2 N–H and O–H groups in total. The lowest BCUT2D eigenvalue weighted by Gasteiger charge is -2.16. The first kappa shape index (κ1) is 14.4. The van der Waals surface area contributed by atoms with Gasteiger partial charge in [-0.05, 0) is 36.5 Å². The zero-order chi connectivity index (χ0) is 12.7. The highest BCUT2D eigenvalue weighted by Crippen LogP contribution is 2.13. The molecule has 0 fully saturated rings. The molecule has 0 radical (unpaired) electrons. The predicted octanol–water partition coefficient (Wildman–Crippen LogP) is 2.35. The molecule has 0 aliphatic rings. The van der Waals surface area contributed by atoms with Gasteiger partial charge in [0.25, 0.3) is 0 Å². The first-order chi connectivity index (χ1) is 8.15. The fraction of sp³-hybridized carbons (Fsp3) is 0.364. The molecule has 0 aromatic heterocycles. The highest BCUT2D eigenvalue weighted by Gasteiger charge is 2.05. The van der Waals surface area contributed by atoms with Crippen LogP contribution in [0, 0.1) is 0 Å². The second-order valence-electron chi connectivity index (χ2n) is 3.24. The Labute approximate surface area is 115 Å². The third-order valence-electron chi connectivity index (χ3n) is 2.06. The highest BCUT2D eigenvalue weighted by atomic mass is 79.9. The fourth-order valence-electron chi connectivity index (χ4n) is 1.15. The van der Waals surface area contributed by atoms with Gasteiger partial charge in [-0.2, -0.15) is 0 Å². The minimum absolute atomic E-state index is 0.306. The van der Waals surface area contributed by atoms with Crippen molar-refractivity contribution >= 4 is 38.9 Å². The van der Waals surface area contributed by atoms with Crippen molar-refractivity contribution in [3.8, 4) is 0 Å². The van der Waals surface area contributed by atoms with Crippen LogP contribution in [-0.2, 0) is 9.47 Å². The molecule has 0 unspecified atom stereocenters. The standard InChI is InChI=1S/C11H15BrN2O2S/c1-15-10(16-2)7-13-11(17)14-9-5-3-8(12)4-6-9/h3-6,10H,7H2,1-2H3,(H2,13,14,17). The highest BCUT2D eigenvalue weighted by molar-refractivity contribution is 9.10. The van der Waals surface area contributed by atoms with E-state index in [1.54, 1.807) is 14.2 Å². The Morgan fingerprint density at radius 1 is 1.29 bits per heavy atom. The molecule has 1 aromatic carbocycles.